The van der Waals surface area contributed by atoms with Gasteiger partial charge in [0.15, 0.2) is 0 Å². The second-order valence-corrected chi connectivity index (χ2v) is 7.95. The Morgan fingerprint density at radius 1 is 1.24 bits per heavy atom. The summed E-state index contributed by atoms with van der Waals surface area (Å²) in [7, 11) is -3.30. The monoisotopic (exact) mass is 313 g/mol. The molecule has 2 atom stereocenters. The summed E-state index contributed by atoms with van der Waals surface area (Å²) >= 11 is 0. The van der Waals surface area contributed by atoms with E-state index in [1.54, 1.807) is 4.31 Å². The fourth-order valence-corrected chi connectivity index (χ4v) is 5.19. The molecule has 5 nitrogen and oxygen atoms in total. The molecule has 6 heteroatoms. The highest BCUT2D eigenvalue weighted by atomic mass is 32.2. The first-order valence-electron chi connectivity index (χ1n) is 7.74. The number of rotatable bonds is 4. The summed E-state index contributed by atoms with van der Waals surface area (Å²) in [5, 5.41) is 0. The van der Waals surface area contributed by atoms with Gasteiger partial charge in [0.25, 0.3) is 0 Å². The van der Waals surface area contributed by atoms with E-state index < -0.39 is 10.0 Å². The van der Waals surface area contributed by atoms with Crippen molar-refractivity contribution in [3.8, 4) is 0 Å². The van der Waals surface area contributed by atoms with Gasteiger partial charge >= 0.3 is 0 Å². The molecule has 0 aromatic carbocycles. The third kappa shape index (κ3) is 3.33. The first kappa shape index (κ1) is 15.1. The highest BCUT2D eigenvalue weighted by Crippen LogP contribution is 2.35. The van der Waals surface area contributed by atoms with E-state index in [1.807, 2.05) is 19.1 Å². The molecule has 3 rings (SSSR count). The average molecular weight is 313 g/mol. The Morgan fingerprint density at radius 2 is 2.10 bits per heavy atom. The smallest absolute Gasteiger partial charge is 0.217 e. The van der Waals surface area contributed by atoms with Crippen molar-refractivity contribution in [1.29, 1.82) is 0 Å². The van der Waals surface area contributed by atoms with Gasteiger partial charge in [-0.3, -0.25) is 0 Å². The van der Waals surface area contributed by atoms with Gasteiger partial charge in [-0.15, -0.1) is 0 Å². The summed E-state index contributed by atoms with van der Waals surface area (Å²) in [5.74, 6) is 1.69. The molecule has 0 radical (unpaired) electrons. The molecule has 0 spiro atoms. The van der Waals surface area contributed by atoms with E-state index in [9.17, 15) is 8.42 Å². The van der Waals surface area contributed by atoms with E-state index in [0.717, 1.165) is 43.6 Å². The van der Waals surface area contributed by atoms with Gasteiger partial charge < -0.3 is 9.15 Å². The molecule has 3 heterocycles. The van der Waals surface area contributed by atoms with Crippen LogP contribution < -0.4 is 0 Å². The van der Waals surface area contributed by atoms with Gasteiger partial charge in [0.1, 0.15) is 11.5 Å². The SMILES string of the molecule is Cc1ccc([C@@H]2CCCN2S(=O)(=O)C[C@H]2CCCCO2)o1. The summed E-state index contributed by atoms with van der Waals surface area (Å²) in [6.07, 6.45) is 4.50. The Bertz CT molecular complexity index is 574. The average Bonchev–Trinajstić information content (AvgIpc) is 3.07. The normalized spacial score (nSPS) is 28.0. The van der Waals surface area contributed by atoms with Gasteiger partial charge in [-0.05, 0) is 51.2 Å². The second kappa shape index (κ2) is 6.10. The van der Waals surface area contributed by atoms with E-state index in [0.29, 0.717) is 13.2 Å². The van der Waals surface area contributed by atoms with Crippen molar-refractivity contribution in [2.45, 2.75) is 51.2 Å². The molecule has 2 aliphatic heterocycles. The van der Waals surface area contributed by atoms with Gasteiger partial charge in [-0.2, -0.15) is 4.31 Å². The van der Waals surface area contributed by atoms with Gasteiger partial charge in [0, 0.05) is 13.2 Å². The molecule has 2 fully saturated rings. The molecule has 118 valence electrons. The van der Waals surface area contributed by atoms with E-state index in [4.69, 9.17) is 9.15 Å². The van der Waals surface area contributed by atoms with Crippen LogP contribution in [0.25, 0.3) is 0 Å². The van der Waals surface area contributed by atoms with Crippen molar-refractivity contribution >= 4 is 10.0 Å². The topological polar surface area (TPSA) is 59.8 Å². The highest BCUT2D eigenvalue weighted by Gasteiger charge is 2.38. The molecule has 21 heavy (non-hydrogen) atoms. The number of nitrogens with zero attached hydrogens (tertiary/aromatic N) is 1. The quantitative estimate of drug-likeness (QED) is 0.857. The third-order valence-corrected chi connectivity index (χ3v) is 6.27. The van der Waals surface area contributed by atoms with Gasteiger partial charge in [-0.25, -0.2) is 8.42 Å². The molecule has 0 bridgehead atoms. The maximum atomic E-state index is 12.7. The Morgan fingerprint density at radius 3 is 2.76 bits per heavy atom. The van der Waals surface area contributed by atoms with Crippen LogP contribution in [-0.4, -0.2) is 37.7 Å². The van der Waals surface area contributed by atoms with Crippen molar-refractivity contribution in [2.75, 3.05) is 18.9 Å². The largest absolute Gasteiger partial charge is 0.465 e. The molecule has 0 N–H and O–H groups in total. The number of ether oxygens (including phenoxy) is 1. The lowest BCUT2D eigenvalue weighted by Gasteiger charge is -2.27. The van der Waals surface area contributed by atoms with Crippen LogP contribution in [0.5, 0.6) is 0 Å². The minimum Gasteiger partial charge on any atom is -0.465 e. The fourth-order valence-electron chi connectivity index (χ4n) is 3.26. The molecular weight excluding hydrogens is 290 g/mol. The minimum atomic E-state index is -3.30. The van der Waals surface area contributed by atoms with E-state index >= 15 is 0 Å². The zero-order valence-corrected chi connectivity index (χ0v) is 13.3. The molecular formula is C15H23NO4S. The zero-order valence-electron chi connectivity index (χ0n) is 12.5. The number of furan rings is 1. The Hall–Kier alpha value is -0.850. The van der Waals surface area contributed by atoms with Gasteiger partial charge in [-0.1, -0.05) is 0 Å². The number of hydrogen-bond donors (Lipinski definition) is 0. The third-order valence-electron chi connectivity index (χ3n) is 4.32. The van der Waals surface area contributed by atoms with E-state index in [-0.39, 0.29) is 17.9 Å². The van der Waals surface area contributed by atoms with E-state index in [2.05, 4.69) is 0 Å². The number of hydrogen-bond acceptors (Lipinski definition) is 4. The van der Waals surface area contributed by atoms with Crippen LogP contribution in [0, 0.1) is 6.92 Å². The molecule has 0 unspecified atom stereocenters. The van der Waals surface area contributed by atoms with Crippen molar-refractivity contribution in [2.24, 2.45) is 0 Å². The van der Waals surface area contributed by atoms with Crippen LogP contribution in [0.3, 0.4) is 0 Å². The molecule has 0 saturated carbocycles. The fraction of sp³-hybridized carbons (Fsp3) is 0.733. The van der Waals surface area contributed by atoms with Crippen LogP contribution in [0.4, 0.5) is 0 Å². The maximum Gasteiger partial charge on any atom is 0.217 e. The molecule has 0 aliphatic carbocycles. The van der Waals surface area contributed by atoms with Crippen LogP contribution in [0.2, 0.25) is 0 Å². The summed E-state index contributed by atoms with van der Waals surface area (Å²) in [6, 6.07) is 3.64. The predicted molar refractivity (Wildman–Crippen MR) is 79.5 cm³/mol. The van der Waals surface area contributed by atoms with Crippen LogP contribution in [0.1, 0.15) is 49.7 Å². The Balaban J connectivity index is 1.74. The highest BCUT2D eigenvalue weighted by molar-refractivity contribution is 7.89. The molecule has 0 amide bonds. The van der Waals surface area contributed by atoms with Crippen molar-refractivity contribution < 1.29 is 17.6 Å². The van der Waals surface area contributed by atoms with Crippen molar-refractivity contribution in [3.05, 3.63) is 23.7 Å². The lowest BCUT2D eigenvalue weighted by molar-refractivity contribution is 0.0298. The first-order valence-corrected chi connectivity index (χ1v) is 9.34. The summed E-state index contributed by atoms with van der Waals surface area (Å²) in [5.41, 5.74) is 0. The first-order chi connectivity index (χ1) is 10.1. The van der Waals surface area contributed by atoms with Gasteiger partial charge in [0.05, 0.1) is 17.9 Å². The van der Waals surface area contributed by atoms with Crippen molar-refractivity contribution in [1.82, 2.24) is 4.31 Å². The van der Waals surface area contributed by atoms with Crippen LogP contribution >= 0.6 is 0 Å². The number of sulfonamides is 1. The summed E-state index contributed by atoms with van der Waals surface area (Å²) in [6.45, 7) is 3.15. The number of aryl methyl sites for hydroxylation is 1. The maximum absolute atomic E-state index is 12.7. The summed E-state index contributed by atoms with van der Waals surface area (Å²) in [4.78, 5) is 0. The van der Waals surface area contributed by atoms with Gasteiger partial charge in [0.2, 0.25) is 10.0 Å². The standard InChI is InChI=1S/C15H23NO4S/c1-12-7-8-15(20-12)14-6-4-9-16(14)21(17,18)11-13-5-2-3-10-19-13/h7-8,13-14H,2-6,9-11H2,1H3/t13-,14+/m1/s1. The minimum absolute atomic E-state index is 0.100. The predicted octanol–water partition coefficient (Wildman–Crippen LogP) is 2.62. The Kier molecular flexibility index (Phi) is 4.38. The summed E-state index contributed by atoms with van der Waals surface area (Å²) < 4.78 is 38.2. The zero-order chi connectivity index (χ0) is 14.9. The second-order valence-electron chi connectivity index (χ2n) is 5.98. The van der Waals surface area contributed by atoms with Crippen LogP contribution in [0.15, 0.2) is 16.5 Å². The molecule has 1 aromatic rings. The molecule has 1 aromatic heterocycles. The molecule has 2 aliphatic rings. The Labute approximate surface area is 126 Å². The van der Waals surface area contributed by atoms with E-state index in [1.165, 1.54) is 0 Å². The van der Waals surface area contributed by atoms with Crippen LogP contribution in [-0.2, 0) is 14.8 Å². The lowest BCUT2D eigenvalue weighted by Crippen LogP contribution is -2.38. The molecule has 2 saturated heterocycles. The van der Waals surface area contributed by atoms with Crippen molar-refractivity contribution in [3.63, 3.8) is 0 Å². The lowest BCUT2D eigenvalue weighted by atomic mass is 10.1.